The third-order valence-electron chi connectivity index (χ3n) is 3.80. The van der Waals surface area contributed by atoms with Crippen molar-refractivity contribution in [3.8, 4) is 0 Å². The molecule has 1 rings (SSSR count). The van der Waals surface area contributed by atoms with Crippen LogP contribution in [0.4, 0.5) is 0 Å². The third kappa shape index (κ3) is 5.04. The lowest BCUT2D eigenvalue weighted by Gasteiger charge is -2.25. The summed E-state index contributed by atoms with van der Waals surface area (Å²) in [6, 6.07) is 0. The van der Waals surface area contributed by atoms with Crippen LogP contribution in [0.3, 0.4) is 0 Å². The Hall–Kier alpha value is -0.610. The zero-order valence-electron chi connectivity index (χ0n) is 10.7. The van der Waals surface area contributed by atoms with Crippen LogP contribution >= 0.6 is 0 Å². The monoisotopic (exact) mass is 243 g/mol. The van der Waals surface area contributed by atoms with Crippen molar-refractivity contribution in [3.63, 3.8) is 0 Å². The number of aliphatic hydroxyl groups excluding tert-OH is 1. The van der Waals surface area contributed by atoms with Crippen molar-refractivity contribution in [2.45, 2.75) is 70.0 Å². The highest BCUT2D eigenvalue weighted by atomic mass is 16.3. The molecule has 4 N–H and O–H groups in total. The summed E-state index contributed by atoms with van der Waals surface area (Å²) < 4.78 is 0. The first-order valence-corrected chi connectivity index (χ1v) is 6.62. The molecule has 0 aromatic heterocycles. The van der Waals surface area contributed by atoms with E-state index in [1.165, 1.54) is 39.0 Å². The van der Waals surface area contributed by atoms with E-state index < -0.39 is 17.6 Å². The van der Waals surface area contributed by atoms with Gasteiger partial charge in [0.15, 0.2) is 0 Å². The van der Waals surface area contributed by atoms with Crippen molar-refractivity contribution < 1.29 is 15.0 Å². The van der Waals surface area contributed by atoms with Gasteiger partial charge in [0.1, 0.15) is 5.60 Å². The van der Waals surface area contributed by atoms with Crippen LogP contribution in [0.1, 0.15) is 58.3 Å². The zero-order chi connectivity index (χ0) is 12.9. The number of carbonyl (C=O) groups is 1. The van der Waals surface area contributed by atoms with Gasteiger partial charge in [0.05, 0.1) is 6.10 Å². The molecule has 0 spiro atoms. The summed E-state index contributed by atoms with van der Waals surface area (Å²) in [5.41, 5.74) is 3.47. The molecule has 1 saturated carbocycles. The molecule has 1 aliphatic carbocycles. The van der Waals surface area contributed by atoms with E-state index in [1.807, 2.05) is 0 Å². The predicted molar refractivity (Wildman–Crippen MR) is 66.3 cm³/mol. The van der Waals surface area contributed by atoms with Crippen molar-refractivity contribution in [2.75, 3.05) is 0 Å². The van der Waals surface area contributed by atoms with Crippen molar-refractivity contribution in [1.29, 1.82) is 0 Å². The Kier molecular flexibility index (Phi) is 5.40. The fraction of sp³-hybridized carbons (Fsp3) is 0.923. The van der Waals surface area contributed by atoms with Crippen LogP contribution in [-0.4, -0.2) is 27.8 Å². The van der Waals surface area contributed by atoms with Crippen LogP contribution in [0, 0.1) is 5.92 Å². The fourth-order valence-electron chi connectivity index (χ4n) is 2.57. The largest absolute Gasteiger partial charge is 0.393 e. The molecule has 17 heavy (non-hydrogen) atoms. The summed E-state index contributed by atoms with van der Waals surface area (Å²) in [6.07, 6.45) is 7.44. The number of carbonyl (C=O) groups excluding carboxylic acids is 1. The van der Waals surface area contributed by atoms with E-state index in [2.05, 4.69) is 0 Å². The van der Waals surface area contributed by atoms with Gasteiger partial charge in [0, 0.05) is 6.42 Å². The van der Waals surface area contributed by atoms with Gasteiger partial charge in [0.2, 0.25) is 5.91 Å². The summed E-state index contributed by atoms with van der Waals surface area (Å²) in [5, 5.41) is 19.5. The first-order chi connectivity index (χ1) is 7.92. The second kappa shape index (κ2) is 6.36. The lowest BCUT2D eigenvalue weighted by Crippen LogP contribution is -2.43. The van der Waals surface area contributed by atoms with Crippen LogP contribution in [-0.2, 0) is 4.79 Å². The Morgan fingerprint density at radius 3 is 2.53 bits per heavy atom. The Balaban J connectivity index is 2.24. The molecule has 0 saturated heterocycles. The highest BCUT2D eigenvalue weighted by Gasteiger charge is 2.30. The van der Waals surface area contributed by atoms with Gasteiger partial charge in [-0.05, 0) is 25.7 Å². The predicted octanol–water partition coefficient (Wildman–Crippen LogP) is 1.33. The highest BCUT2D eigenvalue weighted by Crippen LogP contribution is 2.28. The molecule has 1 amide bonds. The van der Waals surface area contributed by atoms with Gasteiger partial charge in [-0.15, -0.1) is 0 Å². The van der Waals surface area contributed by atoms with Crippen LogP contribution < -0.4 is 5.73 Å². The summed E-state index contributed by atoms with van der Waals surface area (Å²) in [6.45, 7) is 1.36. The van der Waals surface area contributed by atoms with Crippen LogP contribution in [0.2, 0.25) is 0 Å². The lowest BCUT2D eigenvalue weighted by atomic mass is 9.84. The second-order valence-electron chi connectivity index (χ2n) is 5.58. The molecule has 0 radical (unpaired) electrons. The first-order valence-electron chi connectivity index (χ1n) is 6.62. The molecule has 4 heteroatoms. The second-order valence-corrected chi connectivity index (χ2v) is 5.58. The molecule has 100 valence electrons. The van der Waals surface area contributed by atoms with Crippen LogP contribution in [0.5, 0.6) is 0 Å². The Morgan fingerprint density at radius 2 is 2.00 bits per heavy atom. The van der Waals surface area contributed by atoms with Crippen molar-refractivity contribution in [3.05, 3.63) is 0 Å². The summed E-state index contributed by atoms with van der Waals surface area (Å²) in [4.78, 5) is 10.9. The normalized spacial score (nSPS) is 23.0. The van der Waals surface area contributed by atoms with Crippen LogP contribution in [0.15, 0.2) is 0 Å². The number of hydrogen-bond acceptors (Lipinski definition) is 3. The Labute approximate surface area is 103 Å². The smallest absolute Gasteiger partial charge is 0.249 e. The van der Waals surface area contributed by atoms with Gasteiger partial charge in [-0.1, -0.05) is 32.1 Å². The summed E-state index contributed by atoms with van der Waals surface area (Å²) in [7, 11) is 0. The van der Waals surface area contributed by atoms with E-state index in [0.29, 0.717) is 12.3 Å². The number of aliphatic hydroxyl groups is 2. The van der Waals surface area contributed by atoms with E-state index in [9.17, 15) is 15.0 Å². The number of amides is 1. The molecule has 1 fully saturated rings. The molecule has 0 bridgehead atoms. The highest BCUT2D eigenvalue weighted by molar-refractivity contribution is 5.82. The van der Waals surface area contributed by atoms with Gasteiger partial charge in [0.25, 0.3) is 0 Å². The maximum atomic E-state index is 10.9. The first kappa shape index (κ1) is 14.5. The van der Waals surface area contributed by atoms with Gasteiger partial charge in [-0.25, -0.2) is 0 Å². The minimum absolute atomic E-state index is 0.0368. The standard InChI is InChI=1S/C13H25NO3/c1-13(17,12(14)16)9-11(15)8-7-10-5-3-2-4-6-10/h10-11,15,17H,2-9H2,1H3,(H2,14,16). The summed E-state index contributed by atoms with van der Waals surface area (Å²) in [5.74, 6) is -0.0638. The molecular weight excluding hydrogens is 218 g/mol. The van der Waals surface area contributed by atoms with Crippen LogP contribution in [0.25, 0.3) is 0 Å². The molecule has 1 aliphatic rings. The number of nitrogens with two attached hydrogens (primary N) is 1. The van der Waals surface area contributed by atoms with E-state index in [1.54, 1.807) is 0 Å². The van der Waals surface area contributed by atoms with E-state index in [4.69, 9.17) is 5.73 Å². The Bertz CT molecular complexity index is 247. The topological polar surface area (TPSA) is 83.6 Å². The zero-order valence-corrected chi connectivity index (χ0v) is 10.7. The minimum Gasteiger partial charge on any atom is -0.393 e. The Morgan fingerprint density at radius 1 is 1.41 bits per heavy atom. The van der Waals surface area contributed by atoms with E-state index >= 15 is 0 Å². The van der Waals surface area contributed by atoms with Crippen molar-refractivity contribution in [2.24, 2.45) is 11.7 Å². The molecule has 0 aliphatic heterocycles. The SMILES string of the molecule is CC(O)(CC(O)CCC1CCCCC1)C(N)=O. The number of rotatable bonds is 6. The average Bonchev–Trinajstić information content (AvgIpc) is 2.27. The molecule has 4 nitrogen and oxygen atoms in total. The lowest BCUT2D eigenvalue weighted by molar-refractivity contribution is -0.137. The number of hydrogen-bond donors (Lipinski definition) is 3. The van der Waals surface area contributed by atoms with Gasteiger partial charge >= 0.3 is 0 Å². The molecule has 0 aromatic rings. The molecule has 2 atom stereocenters. The van der Waals surface area contributed by atoms with Crippen molar-refractivity contribution in [1.82, 2.24) is 0 Å². The maximum Gasteiger partial charge on any atom is 0.249 e. The van der Waals surface area contributed by atoms with Gasteiger partial charge < -0.3 is 15.9 Å². The van der Waals surface area contributed by atoms with Gasteiger partial charge in [-0.2, -0.15) is 0 Å². The molecule has 0 aromatic carbocycles. The summed E-state index contributed by atoms with van der Waals surface area (Å²) >= 11 is 0. The quantitative estimate of drug-likeness (QED) is 0.658. The fourth-order valence-corrected chi connectivity index (χ4v) is 2.57. The van der Waals surface area contributed by atoms with E-state index in [0.717, 1.165) is 6.42 Å². The number of primary amides is 1. The minimum atomic E-state index is -1.59. The van der Waals surface area contributed by atoms with E-state index in [-0.39, 0.29) is 6.42 Å². The molecule has 0 heterocycles. The molecular formula is C13H25NO3. The van der Waals surface area contributed by atoms with Gasteiger partial charge in [-0.3, -0.25) is 4.79 Å². The molecule has 2 unspecified atom stereocenters. The third-order valence-corrected chi connectivity index (χ3v) is 3.80. The maximum absolute atomic E-state index is 10.9. The average molecular weight is 243 g/mol. The van der Waals surface area contributed by atoms with Crippen molar-refractivity contribution >= 4 is 5.91 Å².